The molecule has 1 aliphatic carbocycles. The second-order valence-corrected chi connectivity index (χ2v) is 5.79. The summed E-state index contributed by atoms with van der Waals surface area (Å²) < 4.78 is 0. The Bertz CT molecular complexity index is 328. The molecular formula is C14H24N2O2. The summed E-state index contributed by atoms with van der Waals surface area (Å²) in [6.07, 6.45) is 6.19. The fraction of sp³-hybridized carbons (Fsp3) is 0.857. The number of Topliss-reactive ketones (excluding diaryl/α,β-unsaturated/α-hetero) is 1. The minimum atomic E-state index is 0.144. The Labute approximate surface area is 109 Å². The van der Waals surface area contributed by atoms with Crippen molar-refractivity contribution in [1.82, 2.24) is 9.80 Å². The summed E-state index contributed by atoms with van der Waals surface area (Å²) in [6.45, 7) is 1.44. The smallest absolute Gasteiger partial charge is 0.236 e. The SMILES string of the molecule is CN(C)C(=O)CN1CCCC1C1CCCCC1=O. The molecule has 1 heterocycles. The maximum absolute atomic E-state index is 12.0. The van der Waals surface area contributed by atoms with Crippen molar-refractivity contribution in [2.45, 2.75) is 44.6 Å². The van der Waals surface area contributed by atoms with Gasteiger partial charge in [-0.05, 0) is 32.2 Å². The first kappa shape index (κ1) is 13.5. The van der Waals surface area contributed by atoms with Gasteiger partial charge in [0.05, 0.1) is 6.54 Å². The molecule has 1 aliphatic heterocycles. The molecule has 2 rings (SSSR count). The molecule has 0 N–H and O–H groups in total. The first-order valence-corrected chi connectivity index (χ1v) is 7.06. The molecule has 2 fully saturated rings. The number of nitrogens with zero attached hydrogens (tertiary/aromatic N) is 2. The normalized spacial score (nSPS) is 29.6. The number of ketones is 1. The van der Waals surface area contributed by atoms with Crippen LogP contribution in [0.15, 0.2) is 0 Å². The van der Waals surface area contributed by atoms with Gasteiger partial charge in [0, 0.05) is 32.5 Å². The molecule has 2 atom stereocenters. The number of hydrogen-bond donors (Lipinski definition) is 0. The summed E-state index contributed by atoms with van der Waals surface area (Å²) in [5.41, 5.74) is 0. The van der Waals surface area contributed by atoms with Crippen molar-refractivity contribution in [3.8, 4) is 0 Å². The molecule has 0 radical (unpaired) electrons. The van der Waals surface area contributed by atoms with Gasteiger partial charge >= 0.3 is 0 Å². The van der Waals surface area contributed by atoms with Crippen LogP contribution in [0.4, 0.5) is 0 Å². The molecule has 1 amide bonds. The van der Waals surface area contributed by atoms with Crippen molar-refractivity contribution in [1.29, 1.82) is 0 Å². The average molecular weight is 252 g/mol. The molecule has 4 heteroatoms. The number of rotatable bonds is 3. The molecular weight excluding hydrogens is 228 g/mol. The third kappa shape index (κ3) is 2.91. The van der Waals surface area contributed by atoms with Crippen LogP contribution < -0.4 is 0 Å². The Morgan fingerprint density at radius 3 is 2.72 bits per heavy atom. The van der Waals surface area contributed by atoms with Gasteiger partial charge in [0.1, 0.15) is 5.78 Å². The van der Waals surface area contributed by atoms with Crippen molar-refractivity contribution < 1.29 is 9.59 Å². The van der Waals surface area contributed by atoms with E-state index in [0.29, 0.717) is 18.4 Å². The van der Waals surface area contributed by atoms with Gasteiger partial charge < -0.3 is 4.90 Å². The summed E-state index contributed by atoms with van der Waals surface area (Å²) in [6, 6.07) is 0.321. The van der Waals surface area contributed by atoms with E-state index in [2.05, 4.69) is 4.90 Å². The molecule has 1 saturated carbocycles. The summed E-state index contributed by atoms with van der Waals surface area (Å²) in [7, 11) is 3.58. The quantitative estimate of drug-likeness (QED) is 0.760. The van der Waals surface area contributed by atoms with Crippen LogP contribution in [0.2, 0.25) is 0 Å². The molecule has 2 unspecified atom stereocenters. The molecule has 0 aromatic rings. The van der Waals surface area contributed by atoms with Crippen LogP contribution in [0.3, 0.4) is 0 Å². The molecule has 0 aromatic heterocycles. The van der Waals surface area contributed by atoms with E-state index in [0.717, 1.165) is 38.6 Å². The van der Waals surface area contributed by atoms with Crippen LogP contribution in [0.5, 0.6) is 0 Å². The number of amides is 1. The molecule has 102 valence electrons. The third-order valence-electron chi connectivity index (χ3n) is 4.32. The van der Waals surface area contributed by atoms with Crippen LogP contribution in [0.25, 0.3) is 0 Å². The third-order valence-corrected chi connectivity index (χ3v) is 4.32. The highest BCUT2D eigenvalue weighted by atomic mass is 16.2. The first-order chi connectivity index (χ1) is 8.59. The van der Waals surface area contributed by atoms with E-state index in [1.807, 2.05) is 0 Å². The van der Waals surface area contributed by atoms with Gasteiger partial charge in [0.2, 0.25) is 5.91 Å². The lowest BCUT2D eigenvalue weighted by Crippen LogP contribution is -2.45. The van der Waals surface area contributed by atoms with Crippen LogP contribution >= 0.6 is 0 Å². The van der Waals surface area contributed by atoms with E-state index < -0.39 is 0 Å². The van der Waals surface area contributed by atoms with Gasteiger partial charge in [0.15, 0.2) is 0 Å². The highest BCUT2D eigenvalue weighted by molar-refractivity contribution is 5.82. The predicted octanol–water partition coefficient (Wildman–Crippen LogP) is 1.30. The number of likely N-dealkylation sites (N-methyl/N-ethyl adjacent to an activating group) is 1. The van der Waals surface area contributed by atoms with Crippen molar-refractivity contribution >= 4 is 11.7 Å². The topological polar surface area (TPSA) is 40.6 Å². The zero-order valence-electron chi connectivity index (χ0n) is 11.5. The molecule has 0 aromatic carbocycles. The summed E-state index contributed by atoms with van der Waals surface area (Å²) in [5.74, 6) is 0.761. The van der Waals surface area contributed by atoms with E-state index >= 15 is 0 Å². The van der Waals surface area contributed by atoms with Gasteiger partial charge in [-0.2, -0.15) is 0 Å². The van der Waals surface area contributed by atoms with E-state index in [9.17, 15) is 9.59 Å². The molecule has 18 heavy (non-hydrogen) atoms. The van der Waals surface area contributed by atoms with Gasteiger partial charge in [-0.15, -0.1) is 0 Å². The van der Waals surface area contributed by atoms with E-state index in [4.69, 9.17) is 0 Å². The Morgan fingerprint density at radius 2 is 2.06 bits per heavy atom. The average Bonchev–Trinajstić information content (AvgIpc) is 2.77. The highest BCUT2D eigenvalue weighted by Gasteiger charge is 2.37. The highest BCUT2D eigenvalue weighted by Crippen LogP contribution is 2.32. The van der Waals surface area contributed by atoms with Crippen molar-refractivity contribution in [2.24, 2.45) is 5.92 Å². The Balaban J connectivity index is 1.98. The Kier molecular flexibility index (Phi) is 4.38. The van der Waals surface area contributed by atoms with Gasteiger partial charge in [-0.25, -0.2) is 0 Å². The molecule has 2 aliphatic rings. The summed E-state index contributed by atoms with van der Waals surface area (Å²) in [5, 5.41) is 0. The fourth-order valence-electron chi connectivity index (χ4n) is 3.24. The second-order valence-electron chi connectivity index (χ2n) is 5.79. The minimum Gasteiger partial charge on any atom is -0.348 e. The van der Waals surface area contributed by atoms with E-state index in [1.54, 1.807) is 19.0 Å². The fourth-order valence-corrected chi connectivity index (χ4v) is 3.24. The van der Waals surface area contributed by atoms with Crippen LogP contribution in [0, 0.1) is 5.92 Å². The van der Waals surface area contributed by atoms with Crippen LogP contribution in [0.1, 0.15) is 38.5 Å². The Hall–Kier alpha value is -0.900. The Morgan fingerprint density at radius 1 is 1.28 bits per heavy atom. The number of likely N-dealkylation sites (tertiary alicyclic amines) is 1. The number of hydrogen-bond acceptors (Lipinski definition) is 3. The monoisotopic (exact) mass is 252 g/mol. The molecule has 4 nitrogen and oxygen atoms in total. The first-order valence-electron chi connectivity index (χ1n) is 7.06. The standard InChI is InChI=1S/C14H24N2O2/c1-15(2)14(18)10-16-9-5-7-12(16)11-6-3-4-8-13(11)17/h11-12H,3-10H2,1-2H3. The lowest BCUT2D eigenvalue weighted by atomic mass is 9.82. The van der Waals surface area contributed by atoms with Crippen LogP contribution in [-0.2, 0) is 9.59 Å². The van der Waals surface area contributed by atoms with Gasteiger partial charge in [-0.3, -0.25) is 14.5 Å². The maximum atomic E-state index is 12.0. The maximum Gasteiger partial charge on any atom is 0.236 e. The minimum absolute atomic E-state index is 0.144. The summed E-state index contributed by atoms with van der Waals surface area (Å²) in [4.78, 5) is 27.7. The molecule has 0 spiro atoms. The van der Waals surface area contributed by atoms with Crippen molar-refractivity contribution in [2.75, 3.05) is 27.2 Å². The molecule has 0 bridgehead atoms. The lowest BCUT2D eigenvalue weighted by molar-refractivity contribution is -0.132. The lowest BCUT2D eigenvalue weighted by Gasteiger charge is -2.33. The van der Waals surface area contributed by atoms with Crippen LogP contribution in [-0.4, -0.2) is 54.7 Å². The second kappa shape index (κ2) is 5.83. The predicted molar refractivity (Wildman–Crippen MR) is 70.3 cm³/mol. The van der Waals surface area contributed by atoms with Gasteiger partial charge in [-0.1, -0.05) is 6.42 Å². The number of carbonyl (C=O) groups excluding carboxylic acids is 2. The van der Waals surface area contributed by atoms with Crippen molar-refractivity contribution in [3.05, 3.63) is 0 Å². The van der Waals surface area contributed by atoms with Crippen molar-refractivity contribution in [3.63, 3.8) is 0 Å². The molecule has 1 saturated heterocycles. The van der Waals surface area contributed by atoms with E-state index in [-0.39, 0.29) is 11.8 Å². The number of carbonyl (C=O) groups is 2. The zero-order chi connectivity index (χ0) is 13.1. The van der Waals surface area contributed by atoms with Gasteiger partial charge in [0.25, 0.3) is 0 Å². The zero-order valence-corrected chi connectivity index (χ0v) is 11.5. The summed E-state index contributed by atoms with van der Waals surface area (Å²) >= 11 is 0. The van der Waals surface area contributed by atoms with E-state index in [1.165, 1.54) is 6.42 Å². The largest absolute Gasteiger partial charge is 0.348 e.